The molecule has 0 aliphatic carbocycles. The maximum absolute atomic E-state index is 13.8. The lowest BCUT2D eigenvalue weighted by atomic mass is 9.75. The summed E-state index contributed by atoms with van der Waals surface area (Å²) in [6, 6.07) is 7.11. The molecule has 0 amide bonds. The third kappa shape index (κ3) is 9.90. The minimum atomic E-state index is -5.08. The highest BCUT2D eigenvalue weighted by Crippen LogP contribution is 2.39. The molecule has 2 saturated heterocycles. The molecule has 1 unspecified atom stereocenters. The largest absolute Gasteiger partial charge is 0.490 e. The number of ether oxygens (including phenoxy) is 1. The predicted molar refractivity (Wildman–Crippen MR) is 114 cm³/mol. The number of carboxylic acid groups (broad SMARTS) is 2. The molecule has 2 aliphatic heterocycles. The number of carbonyl (C=O) groups is 2. The van der Waals surface area contributed by atoms with Crippen molar-refractivity contribution in [2.24, 2.45) is 5.92 Å². The van der Waals surface area contributed by atoms with Crippen LogP contribution in [0.15, 0.2) is 24.3 Å². The third-order valence-electron chi connectivity index (χ3n) is 5.78. The molecular formula is C22H29F7N2O5. The minimum absolute atomic E-state index is 0.0883. The van der Waals surface area contributed by atoms with Gasteiger partial charge in [0.1, 0.15) is 5.82 Å². The van der Waals surface area contributed by atoms with E-state index in [2.05, 4.69) is 23.8 Å². The van der Waals surface area contributed by atoms with E-state index in [1.807, 2.05) is 12.1 Å². The second-order valence-electron chi connectivity index (χ2n) is 8.51. The number of piperidine rings is 1. The number of hydrogen-bond donors (Lipinski definition) is 2. The molecule has 0 aromatic heterocycles. The number of carboxylic acids is 2. The van der Waals surface area contributed by atoms with Gasteiger partial charge in [-0.15, -0.1) is 0 Å². The van der Waals surface area contributed by atoms with E-state index in [1.165, 1.54) is 12.8 Å². The Hall–Kier alpha value is -2.45. The van der Waals surface area contributed by atoms with Gasteiger partial charge in [0.2, 0.25) is 0 Å². The lowest BCUT2D eigenvalue weighted by Gasteiger charge is -2.58. The van der Waals surface area contributed by atoms with Crippen LogP contribution in [0.25, 0.3) is 0 Å². The Morgan fingerprint density at radius 3 is 2.00 bits per heavy atom. The van der Waals surface area contributed by atoms with Crippen molar-refractivity contribution >= 4 is 11.9 Å². The maximum Gasteiger partial charge on any atom is 0.490 e. The molecule has 1 spiro atoms. The Labute approximate surface area is 203 Å². The van der Waals surface area contributed by atoms with Crippen molar-refractivity contribution in [1.82, 2.24) is 9.80 Å². The zero-order chi connectivity index (χ0) is 27.7. The third-order valence-corrected chi connectivity index (χ3v) is 5.78. The molecule has 2 N–H and O–H groups in total. The minimum Gasteiger partial charge on any atom is -0.475 e. The summed E-state index contributed by atoms with van der Waals surface area (Å²) in [5.41, 5.74) is 1.09. The van der Waals surface area contributed by atoms with Crippen LogP contribution in [0.4, 0.5) is 30.7 Å². The smallest absolute Gasteiger partial charge is 0.475 e. The zero-order valence-corrected chi connectivity index (χ0v) is 19.7. The topological polar surface area (TPSA) is 90.3 Å². The average Bonchev–Trinajstić information content (AvgIpc) is 2.74. The van der Waals surface area contributed by atoms with Crippen molar-refractivity contribution in [3.05, 3.63) is 35.6 Å². The first-order valence-electron chi connectivity index (χ1n) is 10.9. The van der Waals surface area contributed by atoms with Crippen LogP contribution in [0, 0.1) is 11.7 Å². The summed E-state index contributed by atoms with van der Waals surface area (Å²) in [5, 5.41) is 14.2. The van der Waals surface area contributed by atoms with Gasteiger partial charge in [-0.1, -0.05) is 18.2 Å². The van der Waals surface area contributed by atoms with Gasteiger partial charge in [-0.3, -0.25) is 9.80 Å². The lowest BCUT2D eigenvalue weighted by Crippen LogP contribution is -2.71. The highest BCUT2D eigenvalue weighted by molar-refractivity contribution is 5.73. The van der Waals surface area contributed by atoms with Gasteiger partial charge in [-0.2, -0.15) is 26.3 Å². The number of alkyl halides is 6. The van der Waals surface area contributed by atoms with Crippen molar-refractivity contribution in [1.29, 1.82) is 0 Å². The summed E-state index contributed by atoms with van der Waals surface area (Å²) in [7, 11) is 2.23. The zero-order valence-electron chi connectivity index (χ0n) is 19.7. The molecule has 0 saturated carbocycles. The van der Waals surface area contributed by atoms with Gasteiger partial charge in [-0.05, 0) is 45.3 Å². The van der Waals surface area contributed by atoms with Gasteiger partial charge in [0.25, 0.3) is 0 Å². The lowest BCUT2D eigenvalue weighted by molar-refractivity contribution is -0.193. The molecule has 3 rings (SSSR count). The Morgan fingerprint density at radius 2 is 1.56 bits per heavy atom. The number of likely N-dealkylation sites (tertiary alicyclic amines) is 2. The molecule has 206 valence electrons. The fraction of sp³-hybridized carbons (Fsp3) is 0.636. The predicted octanol–water partition coefficient (Wildman–Crippen LogP) is 4.03. The normalized spacial score (nSPS) is 19.9. The molecule has 1 aromatic carbocycles. The van der Waals surface area contributed by atoms with Gasteiger partial charge >= 0.3 is 24.3 Å². The van der Waals surface area contributed by atoms with Crippen molar-refractivity contribution in [3.63, 3.8) is 0 Å². The van der Waals surface area contributed by atoms with E-state index in [9.17, 15) is 30.7 Å². The first kappa shape index (κ1) is 31.6. The van der Waals surface area contributed by atoms with Crippen LogP contribution >= 0.6 is 0 Å². The summed E-state index contributed by atoms with van der Waals surface area (Å²) in [5.74, 6) is -4.93. The summed E-state index contributed by atoms with van der Waals surface area (Å²) in [4.78, 5) is 22.7. The van der Waals surface area contributed by atoms with E-state index >= 15 is 0 Å². The van der Waals surface area contributed by atoms with Gasteiger partial charge in [0, 0.05) is 44.0 Å². The van der Waals surface area contributed by atoms with Crippen molar-refractivity contribution < 1.29 is 55.3 Å². The molecule has 2 heterocycles. The molecule has 2 fully saturated rings. The second-order valence-corrected chi connectivity index (χ2v) is 8.51. The summed E-state index contributed by atoms with van der Waals surface area (Å²) < 4.78 is 82.9. The van der Waals surface area contributed by atoms with Gasteiger partial charge in [-0.25, -0.2) is 14.0 Å². The quantitative estimate of drug-likeness (QED) is 0.552. The molecule has 14 heteroatoms. The number of rotatable bonds is 5. The Morgan fingerprint density at radius 1 is 1.06 bits per heavy atom. The van der Waals surface area contributed by atoms with Crippen LogP contribution in [0.2, 0.25) is 0 Å². The number of nitrogens with zero attached hydrogens (tertiary/aromatic N) is 2. The summed E-state index contributed by atoms with van der Waals surface area (Å²) in [6.45, 7) is 7.70. The highest BCUT2D eigenvalue weighted by Gasteiger charge is 2.49. The maximum atomic E-state index is 13.8. The molecule has 2 aliphatic rings. The first-order chi connectivity index (χ1) is 16.5. The monoisotopic (exact) mass is 534 g/mol. The fourth-order valence-electron chi connectivity index (χ4n) is 3.97. The van der Waals surface area contributed by atoms with Crippen LogP contribution in [0.3, 0.4) is 0 Å². The second kappa shape index (κ2) is 13.2. The highest BCUT2D eigenvalue weighted by atomic mass is 19.4. The number of halogens is 7. The fourth-order valence-corrected chi connectivity index (χ4v) is 3.97. The number of hydrogen-bond acceptors (Lipinski definition) is 5. The van der Waals surface area contributed by atoms with Crippen LogP contribution in [-0.4, -0.2) is 89.7 Å². The molecule has 1 atom stereocenters. The van der Waals surface area contributed by atoms with E-state index in [0.717, 1.165) is 45.0 Å². The van der Waals surface area contributed by atoms with E-state index < -0.39 is 24.3 Å². The molecular weight excluding hydrogens is 505 g/mol. The van der Waals surface area contributed by atoms with Gasteiger partial charge < -0.3 is 14.9 Å². The molecule has 1 aromatic rings. The van der Waals surface area contributed by atoms with Crippen LogP contribution < -0.4 is 0 Å². The Balaban J connectivity index is 0.000000383. The molecule has 0 radical (unpaired) electrons. The van der Waals surface area contributed by atoms with Crippen molar-refractivity contribution in [2.75, 3.05) is 39.9 Å². The molecule has 36 heavy (non-hydrogen) atoms. The molecule has 0 bridgehead atoms. The van der Waals surface area contributed by atoms with Crippen LogP contribution in [-0.2, 0) is 20.9 Å². The van der Waals surface area contributed by atoms with E-state index in [-0.39, 0.29) is 11.4 Å². The standard InChI is InChI=1S/C18H27FN2O.2C2HF3O2/c1-3-22-12-15-8-9-20(2)18(10-15)13-21(14-18)11-16-6-4-5-7-17(16)19;2*3-2(4,5)1(6)7/h4-7,15H,3,8-14H2,1-2H3;2*(H,6,7). The van der Waals surface area contributed by atoms with Crippen LogP contribution in [0.1, 0.15) is 25.3 Å². The number of benzene rings is 1. The van der Waals surface area contributed by atoms with Crippen LogP contribution in [0.5, 0.6) is 0 Å². The van der Waals surface area contributed by atoms with E-state index in [1.54, 1.807) is 12.1 Å². The summed E-state index contributed by atoms with van der Waals surface area (Å²) >= 11 is 0. The van der Waals surface area contributed by atoms with E-state index in [4.69, 9.17) is 24.5 Å². The molecule has 7 nitrogen and oxygen atoms in total. The SMILES string of the molecule is CCOCC1CCN(C)C2(C1)CN(Cc1ccccc1F)C2.O=C(O)C(F)(F)F.O=C(O)C(F)(F)F. The number of aliphatic carboxylic acids is 2. The Kier molecular flexibility index (Phi) is 11.6. The first-order valence-corrected chi connectivity index (χ1v) is 10.9. The van der Waals surface area contributed by atoms with Gasteiger partial charge in [0.15, 0.2) is 0 Å². The van der Waals surface area contributed by atoms with E-state index in [0.29, 0.717) is 5.92 Å². The summed E-state index contributed by atoms with van der Waals surface area (Å²) in [6.07, 6.45) is -7.73. The van der Waals surface area contributed by atoms with Crippen molar-refractivity contribution in [3.8, 4) is 0 Å². The van der Waals surface area contributed by atoms with Crippen molar-refractivity contribution in [2.45, 2.75) is 44.2 Å². The number of likely N-dealkylation sites (N-methyl/N-ethyl adjacent to an activating group) is 1. The Bertz CT molecular complexity index is 832. The van der Waals surface area contributed by atoms with Gasteiger partial charge in [0.05, 0.1) is 0 Å². The average molecular weight is 534 g/mol.